The van der Waals surface area contributed by atoms with Gasteiger partial charge in [0, 0.05) is 23.8 Å². The van der Waals surface area contributed by atoms with Crippen LogP contribution in [-0.4, -0.2) is 44.3 Å². The third kappa shape index (κ3) is 4.26. The molecule has 2 saturated carbocycles. The fourth-order valence-corrected chi connectivity index (χ4v) is 4.49. The molecule has 4 rings (SSSR count). The Hall–Kier alpha value is -2.45. The number of benzene rings is 1. The highest BCUT2D eigenvalue weighted by atomic mass is 19.4. The quantitative estimate of drug-likeness (QED) is 0.716. The van der Waals surface area contributed by atoms with E-state index in [1.165, 1.54) is 12.1 Å². The lowest BCUT2D eigenvalue weighted by Crippen LogP contribution is -2.46. The Morgan fingerprint density at radius 1 is 1.03 bits per heavy atom. The van der Waals surface area contributed by atoms with E-state index in [-0.39, 0.29) is 23.6 Å². The van der Waals surface area contributed by atoms with Gasteiger partial charge in [-0.1, -0.05) is 18.2 Å². The van der Waals surface area contributed by atoms with E-state index in [9.17, 15) is 28.2 Å². The molecule has 0 aliphatic heterocycles. The molecule has 2 aliphatic carbocycles. The Bertz CT molecular complexity index is 949. The zero-order chi connectivity index (χ0) is 23.1. The van der Waals surface area contributed by atoms with Gasteiger partial charge in [-0.3, -0.25) is 9.78 Å². The first-order chi connectivity index (χ1) is 15.0. The van der Waals surface area contributed by atoms with Crippen molar-refractivity contribution < 1.29 is 28.2 Å². The Labute approximate surface area is 184 Å². The summed E-state index contributed by atoms with van der Waals surface area (Å²) in [5, 5.41) is 20.9. The molecule has 5 nitrogen and oxygen atoms in total. The average molecular weight is 448 g/mol. The molecule has 1 atom stereocenters. The number of aliphatic hydroxyl groups is 2. The molecular weight excluding hydrogens is 421 g/mol. The summed E-state index contributed by atoms with van der Waals surface area (Å²) in [6, 6.07) is 10.5. The average Bonchev–Trinajstić information content (AvgIpc) is 3.60. The first-order valence-electron chi connectivity index (χ1n) is 10.9. The molecule has 0 bridgehead atoms. The Morgan fingerprint density at radius 3 is 2.12 bits per heavy atom. The molecule has 32 heavy (non-hydrogen) atoms. The van der Waals surface area contributed by atoms with E-state index in [4.69, 9.17) is 0 Å². The molecule has 0 radical (unpaired) electrons. The molecule has 1 amide bonds. The lowest BCUT2D eigenvalue weighted by molar-refractivity contribution is -0.258. The van der Waals surface area contributed by atoms with Gasteiger partial charge in [-0.25, -0.2) is 0 Å². The number of pyridine rings is 1. The van der Waals surface area contributed by atoms with Crippen molar-refractivity contribution >= 4 is 5.91 Å². The molecule has 1 heterocycles. The maximum Gasteiger partial charge on any atom is 0.421 e. The fourth-order valence-electron chi connectivity index (χ4n) is 4.49. The van der Waals surface area contributed by atoms with Crippen LogP contribution in [0.5, 0.6) is 0 Å². The third-order valence-corrected chi connectivity index (χ3v) is 6.74. The highest BCUT2D eigenvalue weighted by molar-refractivity contribution is 5.95. The van der Waals surface area contributed by atoms with Gasteiger partial charge in [0.25, 0.3) is 5.91 Å². The first kappa shape index (κ1) is 22.7. The fraction of sp³-hybridized carbons (Fsp3) is 0.500. The minimum absolute atomic E-state index is 0.0445. The molecular formula is C24H27F3N2O3. The monoisotopic (exact) mass is 448 g/mol. The van der Waals surface area contributed by atoms with E-state index in [2.05, 4.69) is 4.98 Å². The summed E-state index contributed by atoms with van der Waals surface area (Å²) in [6.07, 6.45) is 0.842. The zero-order valence-corrected chi connectivity index (χ0v) is 17.8. The third-order valence-electron chi connectivity index (χ3n) is 6.74. The second-order valence-corrected chi connectivity index (χ2v) is 9.07. The van der Waals surface area contributed by atoms with Crippen LogP contribution in [0.3, 0.4) is 0 Å². The normalized spacial score (nSPS) is 25.8. The number of rotatable bonds is 5. The van der Waals surface area contributed by atoms with E-state index in [1.54, 1.807) is 12.3 Å². The number of hydrogen-bond donors (Lipinski definition) is 2. The smallest absolute Gasteiger partial charge is 0.384 e. The van der Waals surface area contributed by atoms with Crippen molar-refractivity contribution in [2.24, 2.45) is 0 Å². The topological polar surface area (TPSA) is 73.7 Å². The van der Waals surface area contributed by atoms with Crippen LogP contribution in [0.15, 0.2) is 48.7 Å². The predicted octanol–water partition coefficient (Wildman–Crippen LogP) is 4.29. The van der Waals surface area contributed by atoms with E-state index in [0.29, 0.717) is 43.9 Å². The van der Waals surface area contributed by atoms with Gasteiger partial charge in [0.05, 0.1) is 5.69 Å². The molecule has 2 aromatic rings. The van der Waals surface area contributed by atoms with Crippen LogP contribution in [0, 0.1) is 0 Å². The van der Waals surface area contributed by atoms with E-state index in [1.807, 2.05) is 17.0 Å². The number of halogens is 3. The van der Waals surface area contributed by atoms with Crippen molar-refractivity contribution in [1.29, 1.82) is 0 Å². The molecule has 0 spiro atoms. The highest BCUT2D eigenvalue weighted by Gasteiger charge is 2.51. The van der Waals surface area contributed by atoms with Crippen molar-refractivity contribution in [1.82, 2.24) is 9.88 Å². The summed E-state index contributed by atoms with van der Waals surface area (Å²) in [5.74, 6) is -0.223. The van der Waals surface area contributed by atoms with Crippen LogP contribution in [0.4, 0.5) is 13.2 Å². The van der Waals surface area contributed by atoms with Crippen LogP contribution >= 0.6 is 0 Å². The minimum atomic E-state index is -4.81. The molecule has 2 fully saturated rings. The maximum absolute atomic E-state index is 13.3. The number of carbonyl (C=O) groups is 1. The highest BCUT2D eigenvalue weighted by Crippen LogP contribution is 2.42. The van der Waals surface area contributed by atoms with Gasteiger partial charge in [-0.05, 0) is 75.3 Å². The Morgan fingerprint density at radius 2 is 1.62 bits per heavy atom. The van der Waals surface area contributed by atoms with Gasteiger partial charge in [0.1, 0.15) is 5.60 Å². The van der Waals surface area contributed by atoms with Gasteiger partial charge < -0.3 is 15.1 Å². The summed E-state index contributed by atoms with van der Waals surface area (Å²) >= 11 is 0. The number of aromatic nitrogens is 1. The number of carbonyl (C=O) groups excluding carboxylic acids is 1. The summed E-state index contributed by atoms with van der Waals surface area (Å²) in [5.41, 5.74) is -3.37. The number of nitrogens with zero attached hydrogens (tertiary/aromatic N) is 2. The van der Waals surface area contributed by atoms with Crippen LogP contribution in [-0.2, 0) is 11.2 Å². The van der Waals surface area contributed by atoms with Crippen LogP contribution in [0.2, 0.25) is 0 Å². The summed E-state index contributed by atoms with van der Waals surface area (Å²) in [4.78, 5) is 19.4. The SMILES string of the molecule is C[C@](O)(c1ccc(C(=O)N(C2CC2)[C@H]2CC[C@@](O)(c3ccccn3)CC2)cc1)C(F)(F)F. The van der Waals surface area contributed by atoms with Crippen molar-refractivity contribution in [2.75, 3.05) is 0 Å². The van der Waals surface area contributed by atoms with Gasteiger partial charge in [0.2, 0.25) is 0 Å². The first-order valence-corrected chi connectivity index (χ1v) is 10.9. The van der Waals surface area contributed by atoms with E-state index < -0.39 is 17.4 Å². The van der Waals surface area contributed by atoms with Crippen molar-refractivity contribution in [2.45, 2.75) is 74.9 Å². The lowest BCUT2D eigenvalue weighted by Gasteiger charge is -2.41. The van der Waals surface area contributed by atoms with Crippen LogP contribution in [0.1, 0.15) is 67.1 Å². The second-order valence-electron chi connectivity index (χ2n) is 9.07. The summed E-state index contributed by atoms with van der Waals surface area (Å²) in [7, 11) is 0. The molecule has 172 valence electrons. The van der Waals surface area contributed by atoms with Gasteiger partial charge in [-0.2, -0.15) is 13.2 Å². The molecule has 2 N–H and O–H groups in total. The van der Waals surface area contributed by atoms with Crippen LogP contribution in [0.25, 0.3) is 0 Å². The summed E-state index contributed by atoms with van der Waals surface area (Å²) < 4.78 is 39.3. The van der Waals surface area contributed by atoms with Crippen LogP contribution < -0.4 is 0 Å². The van der Waals surface area contributed by atoms with E-state index >= 15 is 0 Å². The zero-order valence-electron chi connectivity index (χ0n) is 17.8. The van der Waals surface area contributed by atoms with Crippen molar-refractivity contribution in [3.63, 3.8) is 0 Å². The van der Waals surface area contributed by atoms with Crippen molar-refractivity contribution in [3.05, 3.63) is 65.5 Å². The molecule has 2 aliphatic rings. The summed E-state index contributed by atoms with van der Waals surface area (Å²) in [6.45, 7) is 0.699. The molecule has 1 aromatic heterocycles. The molecule has 1 aromatic carbocycles. The second kappa shape index (κ2) is 8.15. The Kier molecular flexibility index (Phi) is 5.79. The van der Waals surface area contributed by atoms with Gasteiger partial charge >= 0.3 is 6.18 Å². The lowest BCUT2D eigenvalue weighted by atomic mass is 9.79. The predicted molar refractivity (Wildman–Crippen MR) is 112 cm³/mol. The largest absolute Gasteiger partial charge is 0.421 e. The standard InChI is InChI=1S/C24H27F3N2O3/c1-22(31,24(25,26)27)17-7-5-16(6-8-17)21(30)29(18-9-10-18)19-11-13-23(32,14-12-19)20-4-2-3-15-28-20/h2-8,15,18-19,31-32H,9-14H2,1H3/t19-,22-,23-/m0/s1. The molecule has 0 saturated heterocycles. The molecule has 0 unspecified atom stereocenters. The minimum Gasteiger partial charge on any atom is -0.384 e. The number of amides is 1. The van der Waals surface area contributed by atoms with Gasteiger partial charge in [0.15, 0.2) is 5.60 Å². The maximum atomic E-state index is 13.3. The van der Waals surface area contributed by atoms with Gasteiger partial charge in [-0.15, -0.1) is 0 Å². The molecule has 8 heteroatoms. The van der Waals surface area contributed by atoms with Crippen molar-refractivity contribution in [3.8, 4) is 0 Å². The Balaban J connectivity index is 1.49. The van der Waals surface area contributed by atoms with E-state index in [0.717, 1.165) is 25.0 Å². The number of hydrogen-bond acceptors (Lipinski definition) is 4. The number of alkyl halides is 3.